The average molecular weight is 115 g/mol. The van der Waals surface area contributed by atoms with E-state index in [0.29, 0.717) is 0 Å². The summed E-state index contributed by atoms with van der Waals surface area (Å²) in [5.41, 5.74) is 0. The molecule has 0 bridgehead atoms. The highest BCUT2D eigenvalue weighted by Gasteiger charge is 2.07. The summed E-state index contributed by atoms with van der Waals surface area (Å²) in [4.78, 5) is 0. The van der Waals surface area contributed by atoms with Gasteiger partial charge in [-0.2, -0.15) is 12.6 Å². The molecule has 1 fully saturated rings. The minimum absolute atomic E-state index is 1.27. The summed E-state index contributed by atoms with van der Waals surface area (Å²) in [5, 5.41) is 1.41. The van der Waals surface area contributed by atoms with E-state index < -0.39 is 0 Å². The van der Waals surface area contributed by atoms with Gasteiger partial charge in [0.25, 0.3) is 0 Å². The predicted molar refractivity (Wildman–Crippen MR) is 35.3 cm³/mol. The van der Waals surface area contributed by atoms with Gasteiger partial charge in [0, 0.05) is 5.25 Å². The van der Waals surface area contributed by atoms with Crippen molar-refractivity contribution < 1.29 is 0 Å². The zero-order valence-corrected chi connectivity index (χ0v) is 5.38. The van der Waals surface area contributed by atoms with E-state index in [1.165, 1.54) is 37.4 Å². The Balaban J connectivity index is 2.12. The summed E-state index contributed by atoms with van der Waals surface area (Å²) in [6.45, 7) is 0. The first kappa shape index (κ1) is 5.49. The van der Waals surface area contributed by atoms with E-state index in [2.05, 4.69) is 12.6 Å². The molecule has 1 rings (SSSR count). The Morgan fingerprint density at radius 2 is 1.57 bits per heavy atom. The molecule has 1 radical (unpaired) electrons. The molecular weight excluding hydrogens is 104 g/mol. The van der Waals surface area contributed by atoms with Gasteiger partial charge in [-0.15, -0.1) is 0 Å². The van der Waals surface area contributed by atoms with Gasteiger partial charge in [-0.05, 0) is 12.8 Å². The van der Waals surface area contributed by atoms with E-state index in [0.717, 1.165) is 0 Å². The lowest BCUT2D eigenvalue weighted by Crippen LogP contribution is -1.95. The van der Waals surface area contributed by atoms with Gasteiger partial charge in [0.05, 0.1) is 0 Å². The highest BCUT2D eigenvalue weighted by atomic mass is 32.1. The summed E-state index contributed by atoms with van der Waals surface area (Å²) in [7, 11) is 0. The number of hydrogen-bond donors (Lipinski definition) is 1. The Bertz CT molecular complexity index is 46.1. The summed E-state index contributed by atoms with van der Waals surface area (Å²) < 4.78 is 0. The van der Waals surface area contributed by atoms with Gasteiger partial charge < -0.3 is 0 Å². The lowest BCUT2D eigenvalue weighted by Gasteiger charge is -2.13. The van der Waals surface area contributed by atoms with Crippen LogP contribution in [0.15, 0.2) is 0 Å². The zero-order valence-electron chi connectivity index (χ0n) is 4.48. The molecule has 0 aromatic heterocycles. The van der Waals surface area contributed by atoms with Crippen LogP contribution in [-0.2, 0) is 0 Å². The maximum absolute atomic E-state index is 4.28. The first-order valence-electron chi connectivity index (χ1n) is 2.93. The molecule has 0 spiro atoms. The van der Waals surface area contributed by atoms with Gasteiger partial charge in [-0.25, -0.2) is 0 Å². The van der Waals surface area contributed by atoms with Crippen LogP contribution < -0.4 is 0 Å². The minimum atomic E-state index is 1.27. The topological polar surface area (TPSA) is 0 Å². The molecule has 1 aliphatic rings. The van der Waals surface area contributed by atoms with Crippen molar-refractivity contribution in [3.63, 3.8) is 0 Å². The third-order valence-corrected chi connectivity index (χ3v) is 1.88. The molecule has 0 amide bonds. The van der Waals surface area contributed by atoms with Crippen LogP contribution >= 0.6 is 12.6 Å². The molecule has 0 N–H and O–H groups in total. The lowest BCUT2D eigenvalue weighted by atomic mass is 10.0. The molecular formula is C6H11S. The number of thiol groups is 1. The molecule has 0 saturated heterocycles. The summed E-state index contributed by atoms with van der Waals surface area (Å²) in [5.74, 6) is 0. The third kappa shape index (κ3) is 1.72. The molecule has 0 atom stereocenters. The van der Waals surface area contributed by atoms with Crippen LogP contribution in [0.4, 0.5) is 0 Å². The van der Waals surface area contributed by atoms with Crippen molar-refractivity contribution in [2.24, 2.45) is 0 Å². The molecule has 0 aliphatic heterocycles. The largest absolute Gasteiger partial charge is 0.171 e. The Morgan fingerprint density at radius 3 is 1.86 bits per heavy atom. The van der Waals surface area contributed by atoms with Crippen molar-refractivity contribution in [1.82, 2.24) is 0 Å². The quantitative estimate of drug-likeness (QED) is 0.460. The highest BCUT2D eigenvalue weighted by Crippen LogP contribution is 2.27. The molecule has 41 valence electrons. The van der Waals surface area contributed by atoms with E-state index in [-0.39, 0.29) is 0 Å². The molecule has 0 nitrogen and oxygen atoms in total. The van der Waals surface area contributed by atoms with Crippen LogP contribution in [-0.4, -0.2) is 0 Å². The van der Waals surface area contributed by atoms with Crippen LogP contribution in [0.25, 0.3) is 0 Å². The van der Waals surface area contributed by atoms with Crippen molar-refractivity contribution in [3.05, 3.63) is 5.25 Å². The Morgan fingerprint density at radius 1 is 1.00 bits per heavy atom. The molecule has 1 saturated carbocycles. The van der Waals surface area contributed by atoms with Crippen LogP contribution in [0.5, 0.6) is 0 Å². The molecule has 1 heteroatoms. The maximum Gasteiger partial charge on any atom is 0.0274 e. The Kier molecular flexibility index (Phi) is 2.04. The second kappa shape index (κ2) is 2.61. The lowest BCUT2D eigenvalue weighted by molar-refractivity contribution is 0.580. The second-order valence-corrected chi connectivity index (χ2v) is 2.76. The van der Waals surface area contributed by atoms with E-state index in [4.69, 9.17) is 0 Å². The molecule has 1 aliphatic carbocycles. The number of hydrogen-bond acceptors (Lipinski definition) is 1. The minimum Gasteiger partial charge on any atom is -0.171 e. The van der Waals surface area contributed by atoms with Gasteiger partial charge in [0.15, 0.2) is 0 Å². The monoisotopic (exact) mass is 115 g/mol. The van der Waals surface area contributed by atoms with Crippen molar-refractivity contribution >= 4 is 12.6 Å². The van der Waals surface area contributed by atoms with Gasteiger partial charge in [-0.1, -0.05) is 19.3 Å². The Hall–Kier alpha value is 0.350. The fourth-order valence-electron chi connectivity index (χ4n) is 0.960. The fraction of sp³-hybridized carbons (Fsp3) is 0.833. The average Bonchev–Trinajstić information content (AvgIpc) is 1.69. The highest BCUT2D eigenvalue weighted by molar-refractivity contribution is 7.83. The standard InChI is InChI=1S/C6H11S/c7-6-4-2-1-3-5-6/h7H,1-5H2. The van der Waals surface area contributed by atoms with Crippen molar-refractivity contribution in [1.29, 1.82) is 0 Å². The van der Waals surface area contributed by atoms with Gasteiger partial charge in [-0.3, -0.25) is 0 Å². The molecule has 0 aromatic rings. The third-order valence-electron chi connectivity index (χ3n) is 1.43. The first-order chi connectivity index (χ1) is 3.39. The Labute approximate surface area is 50.7 Å². The molecule has 0 heterocycles. The van der Waals surface area contributed by atoms with Gasteiger partial charge in [0.1, 0.15) is 0 Å². The summed E-state index contributed by atoms with van der Waals surface area (Å²) >= 11 is 4.28. The SMILES string of the molecule is S[C]1CCCCC1. The summed E-state index contributed by atoms with van der Waals surface area (Å²) in [6.07, 6.45) is 6.70. The van der Waals surface area contributed by atoms with E-state index >= 15 is 0 Å². The van der Waals surface area contributed by atoms with E-state index in [9.17, 15) is 0 Å². The molecule has 7 heavy (non-hydrogen) atoms. The van der Waals surface area contributed by atoms with Crippen molar-refractivity contribution in [2.45, 2.75) is 32.1 Å². The predicted octanol–water partition coefficient (Wildman–Crippen LogP) is 2.41. The molecule has 0 aromatic carbocycles. The van der Waals surface area contributed by atoms with Gasteiger partial charge in [0.2, 0.25) is 0 Å². The van der Waals surface area contributed by atoms with E-state index in [1.54, 1.807) is 0 Å². The zero-order chi connectivity index (χ0) is 5.11. The van der Waals surface area contributed by atoms with Crippen molar-refractivity contribution in [2.75, 3.05) is 0 Å². The van der Waals surface area contributed by atoms with Crippen LogP contribution in [0.1, 0.15) is 32.1 Å². The fourth-order valence-corrected chi connectivity index (χ4v) is 1.28. The normalized spacial score (nSPS) is 25.3. The second-order valence-electron chi connectivity index (χ2n) is 2.13. The van der Waals surface area contributed by atoms with Crippen LogP contribution in [0.3, 0.4) is 0 Å². The number of rotatable bonds is 0. The first-order valence-corrected chi connectivity index (χ1v) is 3.38. The molecule has 0 unspecified atom stereocenters. The van der Waals surface area contributed by atoms with Crippen LogP contribution in [0, 0.1) is 5.25 Å². The van der Waals surface area contributed by atoms with Gasteiger partial charge >= 0.3 is 0 Å². The smallest absolute Gasteiger partial charge is 0.0274 e. The van der Waals surface area contributed by atoms with Crippen LogP contribution in [0.2, 0.25) is 0 Å². The van der Waals surface area contributed by atoms with Crippen molar-refractivity contribution in [3.8, 4) is 0 Å². The van der Waals surface area contributed by atoms with E-state index in [1.807, 2.05) is 0 Å². The summed E-state index contributed by atoms with van der Waals surface area (Å²) in [6, 6.07) is 0. The maximum atomic E-state index is 4.28.